The zero-order valence-electron chi connectivity index (χ0n) is 8.78. The first kappa shape index (κ1) is 13.2. The molecule has 0 N–H and O–H groups in total. The van der Waals surface area contributed by atoms with Crippen LogP contribution >= 0.6 is 0 Å². The third kappa shape index (κ3) is 3.81. The third-order valence-corrected chi connectivity index (χ3v) is 1.99. The fourth-order valence-electron chi connectivity index (χ4n) is 0.991. The minimum Gasteiger partial charge on any atom is -0.469 e. The molecule has 0 aromatic heterocycles. The molecule has 0 radical (unpaired) electrons. The molecule has 0 aliphatic rings. The number of nitrogens with zero attached hydrogens (tertiary/aromatic N) is 1. The first-order chi connectivity index (χ1) is 7.03. The fraction of sp³-hybridized carbons (Fsp3) is 0.500. The van der Waals surface area contributed by atoms with E-state index in [0.717, 1.165) is 0 Å². The molecular weight excluding hydrogens is 198 g/mol. The summed E-state index contributed by atoms with van der Waals surface area (Å²) in [6.07, 6.45) is 0.845. The van der Waals surface area contributed by atoms with Gasteiger partial charge >= 0.3 is 11.9 Å². The van der Waals surface area contributed by atoms with Gasteiger partial charge in [0.2, 0.25) is 0 Å². The van der Waals surface area contributed by atoms with Crippen molar-refractivity contribution in [2.24, 2.45) is 5.41 Å². The van der Waals surface area contributed by atoms with Crippen LogP contribution in [0.4, 0.5) is 0 Å². The van der Waals surface area contributed by atoms with E-state index in [-0.39, 0.29) is 12.8 Å². The molecule has 0 aliphatic heterocycles. The van der Waals surface area contributed by atoms with E-state index in [2.05, 4.69) is 16.1 Å². The van der Waals surface area contributed by atoms with E-state index in [4.69, 9.17) is 5.26 Å². The van der Waals surface area contributed by atoms with Gasteiger partial charge in [-0.1, -0.05) is 6.08 Å². The van der Waals surface area contributed by atoms with Crippen LogP contribution in [0.15, 0.2) is 12.7 Å². The molecule has 82 valence electrons. The summed E-state index contributed by atoms with van der Waals surface area (Å²) in [6.45, 7) is 3.44. The van der Waals surface area contributed by atoms with E-state index in [1.54, 1.807) is 0 Å². The Morgan fingerprint density at radius 1 is 1.33 bits per heavy atom. The SMILES string of the molecule is C=CC(C#N)(CC(=O)OC)CC(=O)OC. The number of rotatable bonds is 5. The van der Waals surface area contributed by atoms with Crippen LogP contribution in [0.3, 0.4) is 0 Å². The van der Waals surface area contributed by atoms with Gasteiger partial charge in [-0.05, 0) is 0 Å². The smallest absolute Gasteiger partial charge is 0.307 e. The van der Waals surface area contributed by atoms with E-state index in [1.165, 1.54) is 20.3 Å². The summed E-state index contributed by atoms with van der Waals surface area (Å²) in [7, 11) is 2.43. The molecule has 5 heteroatoms. The maximum atomic E-state index is 11.0. The van der Waals surface area contributed by atoms with Gasteiger partial charge in [0, 0.05) is 0 Å². The average Bonchev–Trinajstić information content (AvgIpc) is 2.27. The Kier molecular flexibility index (Phi) is 5.10. The highest BCUT2D eigenvalue weighted by Gasteiger charge is 2.33. The molecule has 0 aliphatic carbocycles. The second kappa shape index (κ2) is 5.81. The molecule has 15 heavy (non-hydrogen) atoms. The maximum absolute atomic E-state index is 11.0. The zero-order chi connectivity index (χ0) is 11.9. The minimum atomic E-state index is -1.25. The van der Waals surface area contributed by atoms with Crippen molar-refractivity contribution < 1.29 is 19.1 Å². The van der Waals surface area contributed by atoms with E-state index in [9.17, 15) is 9.59 Å². The van der Waals surface area contributed by atoms with E-state index < -0.39 is 17.4 Å². The van der Waals surface area contributed by atoms with Gasteiger partial charge in [-0.25, -0.2) is 0 Å². The number of carbonyl (C=O) groups is 2. The van der Waals surface area contributed by atoms with Crippen molar-refractivity contribution in [3.8, 4) is 6.07 Å². The fourth-order valence-corrected chi connectivity index (χ4v) is 0.991. The van der Waals surface area contributed by atoms with Crippen LogP contribution in [0.2, 0.25) is 0 Å². The molecule has 0 saturated carbocycles. The summed E-state index contributed by atoms with van der Waals surface area (Å²) in [5, 5.41) is 8.93. The summed E-state index contributed by atoms with van der Waals surface area (Å²) in [4.78, 5) is 22.1. The molecule has 0 amide bonds. The second-order valence-corrected chi connectivity index (χ2v) is 2.98. The lowest BCUT2D eigenvalue weighted by molar-refractivity contribution is -0.145. The molecule has 0 rings (SSSR count). The van der Waals surface area contributed by atoms with Crippen molar-refractivity contribution in [3.63, 3.8) is 0 Å². The lowest BCUT2D eigenvalue weighted by Crippen LogP contribution is -2.25. The van der Waals surface area contributed by atoms with Gasteiger partial charge in [-0.3, -0.25) is 9.59 Å². The number of nitriles is 1. The third-order valence-electron chi connectivity index (χ3n) is 1.99. The summed E-state index contributed by atoms with van der Waals surface area (Å²) < 4.78 is 8.87. The largest absolute Gasteiger partial charge is 0.469 e. The van der Waals surface area contributed by atoms with E-state index in [1.807, 2.05) is 6.07 Å². The van der Waals surface area contributed by atoms with Gasteiger partial charge in [0.05, 0.1) is 38.5 Å². The average molecular weight is 211 g/mol. The van der Waals surface area contributed by atoms with Gasteiger partial charge in [0.15, 0.2) is 0 Å². The lowest BCUT2D eigenvalue weighted by atomic mass is 9.83. The summed E-state index contributed by atoms with van der Waals surface area (Å²) in [6, 6.07) is 1.88. The van der Waals surface area contributed by atoms with Crippen molar-refractivity contribution in [1.82, 2.24) is 0 Å². The number of hydrogen-bond acceptors (Lipinski definition) is 5. The van der Waals surface area contributed by atoms with Gasteiger partial charge in [0.1, 0.15) is 0 Å². The van der Waals surface area contributed by atoms with Crippen molar-refractivity contribution in [2.45, 2.75) is 12.8 Å². The second-order valence-electron chi connectivity index (χ2n) is 2.98. The Bertz CT molecular complexity index is 285. The van der Waals surface area contributed by atoms with E-state index in [0.29, 0.717) is 0 Å². The van der Waals surface area contributed by atoms with E-state index >= 15 is 0 Å². The molecule has 0 heterocycles. The molecular formula is C10H13NO4. The first-order valence-electron chi connectivity index (χ1n) is 4.22. The molecule has 0 aromatic carbocycles. The quantitative estimate of drug-likeness (QED) is 0.496. The van der Waals surface area contributed by atoms with Gasteiger partial charge in [-0.15, -0.1) is 6.58 Å². The predicted octanol–water partition coefficient (Wildman–Crippen LogP) is 0.809. The van der Waals surface area contributed by atoms with Gasteiger partial charge < -0.3 is 9.47 Å². The van der Waals surface area contributed by atoms with Crippen molar-refractivity contribution in [2.75, 3.05) is 14.2 Å². The van der Waals surface area contributed by atoms with Crippen LogP contribution < -0.4 is 0 Å². The molecule has 0 atom stereocenters. The molecule has 0 bridgehead atoms. The van der Waals surface area contributed by atoms with Crippen LogP contribution in [0.1, 0.15) is 12.8 Å². The molecule has 0 fully saturated rings. The monoisotopic (exact) mass is 211 g/mol. The summed E-state index contributed by atoms with van der Waals surface area (Å²) in [5.41, 5.74) is -1.25. The Morgan fingerprint density at radius 3 is 1.93 bits per heavy atom. The molecule has 0 spiro atoms. The Labute approximate surface area is 88.3 Å². The number of methoxy groups -OCH3 is 2. The highest BCUT2D eigenvalue weighted by Crippen LogP contribution is 2.28. The number of hydrogen-bond donors (Lipinski definition) is 0. The number of carbonyl (C=O) groups excluding carboxylic acids is 2. The van der Waals surface area contributed by atoms with Crippen LogP contribution in [0, 0.1) is 16.7 Å². The molecule has 5 nitrogen and oxygen atoms in total. The summed E-state index contributed by atoms with van der Waals surface area (Å²) >= 11 is 0. The van der Waals surface area contributed by atoms with Crippen molar-refractivity contribution >= 4 is 11.9 Å². The zero-order valence-corrected chi connectivity index (χ0v) is 8.78. The number of esters is 2. The normalized spacial score (nSPS) is 9.93. The lowest BCUT2D eigenvalue weighted by Gasteiger charge is -2.19. The van der Waals surface area contributed by atoms with Gasteiger partial charge in [0.25, 0.3) is 0 Å². The highest BCUT2D eigenvalue weighted by molar-refractivity contribution is 5.75. The minimum absolute atomic E-state index is 0.210. The standard InChI is InChI=1S/C10H13NO4/c1-4-10(7-11,5-8(12)14-2)6-9(13)15-3/h4H,1,5-6H2,2-3H3. The van der Waals surface area contributed by atoms with Crippen LogP contribution in [-0.2, 0) is 19.1 Å². The van der Waals surface area contributed by atoms with Gasteiger partial charge in [-0.2, -0.15) is 5.26 Å². The number of allylic oxidation sites excluding steroid dienone is 1. The molecule has 0 saturated heterocycles. The van der Waals surface area contributed by atoms with Crippen LogP contribution in [0.25, 0.3) is 0 Å². The Balaban J connectivity index is 4.74. The number of ether oxygens (including phenoxy) is 2. The first-order valence-corrected chi connectivity index (χ1v) is 4.22. The summed E-state index contributed by atoms with van der Waals surface area (Å²) in [5.74, 6) is -1.14. The Morgan fingerprint density at radius 2 is 1.73 bits per heavy atom. The van der Waals surface area contributed by atoms with Crippen molar-refractivity contribution in [1.29, 1.82) is 5.26 Å². The Hall–Kier alpha value is -1.83. The highest BCUT2D eigenvalue weighted by atomic mass is 16.5. The molecule has 0 unspecified atom stereocenters. The molecule has 0 aromatic rings. The van der Waals surface area contributed by atoms with Crippen molar-refractivity contribution in [3.05, 3.63) is 12.7 Å². The van der Waals surface area contributed by atoms with Crippen LogP contribution in [-0.4, -0.2) is 26.2 Å². The predicted molar refractivity (Wildman–Crippen MR) is 51.5 cm³/mol. The maximum Gasteiger partial charge on any atom is 0.307 e. The van der Waals surface area contributed by atoms with Crippen LogP contribution in [0.5, 0.6) is 0 Å². The topological polar surface area (TPSA) is 76.4 Å².